The first kappa shape index (κ1) is 18.5. The fraction of sp³-hybridized carbons (Fsp3) is 0.400. The quantitative estimate of drug-likeness (QED) is 0.729. The molecule has 0 fully saturated rings. The van der Waals surface area contributed by atoms with Crippen molar-refractivity contribution < 1.29 is 14.3 Å². The lowest BCUT2D eigenvalue weighted by Crippen LogP contribution is -2.07. The number of aryl methyl sites for hydroxylation is 2. The van der Waals surface area contributed by atoms with E-state index in [2.05, 4.69) is 10.3 Å². The van der Waals surface area contributed by atoms with Crippen LogP contribution >= 0.6 is 11.3 Å². The lowest BCUT2D eigenvalue weighted by Gasteiger charge is -2.11. The molecular formula is C20H24N2O3S. The van der Waals surface area contributed by atoms with Crippen molar-refractivity contribution in [2.45, 2.75) is 39.5 Å². The molecule has 1 heterocycles. The van der Waals surface area contributed by atoms with Gasteiger partial charge in [0.15, 0.2) is 16.6 Å². The summed E-state index contributed by atoms with van der Waals surface area (Å²) >= 11 is 1.59. The van der Waals surface area contributed by atoms with Gasteiger partial charge in [-0.1, -0.05) is 6.07 Å². The van der Waals surface area contributed by atoms with Crippen molar-refractivity contribution in [3.05, 3.63) is 40.4 Å². The number of carbonyl (C=O) groups is 1. The third-order valence-electron chi connectivity index (χ3n) is 4.07. The zero-order valence-corrected chi connectivity index (χ0v) is 16.0. The van der Waals surface area contributed by atoms with Crippen LogP contribution < -0.4 is 14.8 Å². The summed E-state index contributed by atoms with van der Waals surface area (Å²) in [4.78, 5) is 18.0. The van der Waals surface area contributed by atoms with Gasteiger partial charge in [-0.05, 0) is 63.3 Å². The standard InChI is InChI=1S/C20H24N2O3S/c1-3-24-16-11-9-14(13-17(16)25-4-2)10-12-19(23)22-20-21-15-7-5-6-8-18(15)26-20/h9-13H,3-8H2,1-2H3,(H,21,22,23)/b12-10+. The molecule has 1 N–H and O–H groups in total. The number of nitrogens with zero attached hydrogens (tertiary/aromatic N) is 1. The number of hydrogen-bond acceptors (Lipinski definition) is 5. The lowest BCUT2D eigenvalue weighted by molar-refractivity contribution is -0.111. The Hall–Kier alpha value is -2.34. The molecule has 6 heteroatoms. The smallest absolute Gasteiger partial charge is 0.250 e. The normalized spacial score (nSPS) is 13.5. The summed E-state index contributed by atoms with van der Waals surface area (Å²) < 4.78 is 11.2. The summed E-state index contributed by atoms with van der Waals surface area (Å²) in [5, 5.41) is 3.55. The van der Waals surface area contributed by atoms with Gasteiger partial charge < -0.3 is 9.47 Å². The fourth-order valence-electron chi connectivity index (χ4n) is 2.90. The summed E-state index contributed by atoms with van der Waals surface area (Å²) in [6.07, 6.45) is 7.77. The van der Waals surface area contributed by atoms with Crippen LogP contribution in [-0.4, -0.2) is 24.1 Å². The molecule has 1 aromatic carbocycles. The number of nitrogens with one attached hydrogen (secondary N) is 1. The molecule has 0 saturated heterocycles. The third-order valence-corrected chi connectivity index (χ3v) is 5.14. The maximum atomic E-state index is 12.2. The monoisotopic (exact) mass is 372 g/mol. The Kier molecular flexibility index (Phi) is 6.28. The van der Waals surface area contributed by atoms with Gasteiger partial charge >= 0.3 is 0 Å². The molecule has 1 amide bonds. The molecule has 2 aromatic rings. The van der Waals surface area contributed by atoms with Crippen LogP contribution in [0.2, 0.25) is 0 Å². The molecule has 0 atom stereocenters. The van der Waals surface area contributed by atoms with E-state index < -0.39 is 0 Å². The first-order valence-corrected chi connectivity index (χ1v) is 9.88. The zero-order valence-electron chi connectivity index (χ0n) is 15.2. The molecule has 1 aliphatic carbocycles. The van der Waals surface area contributed by atoms with Gasteiger partial charge in [-0.3, -0.25) is 10.1 Å². The maximum absolute atomic E-state index is 12.2. The highest BCUT2D eigenvalue weighted by Gasteiger charge is 2.15. The number of rotatable bonds is 7. The number of ether oxygens (including phenoxy) is 2. The van der Waals surface area contributed by atoms with E-state index in [1.165, 1.54) is 23.8 Å². The number of benzene rings is 1. The van der Waals surface area contributed by atoms with Gasteiger partial charge in [0.05, 0.1) is 18.9 Å². The third kappa shape index (κ3) is 4.64. The van der Waals surface area contributed by atoms with Crippen LogP contribution in [0.1, 0.15) is 42.8 Å². The minimum atomic E-state index is -0.178. The molecular weight excluding hydrogens is 348 g/mol. The minimum absolute atomic E-state index is 0.178. The van der Waals surface area contributed by atoms with Gasteiger partial charge in [0.25, 0.3) is 0 Å². The Labute approximate surface area is 158 Å². The van der Waals surface area contributed by atoms with Gasteiger partial charge in [-0.2, -0.15) is 0 Å². The number of carbonyl (C=O) groups excluding carboxylic acids is 1. The molecule has 0 bridgehead atoms. The van der Waals surface area contributed by atoms with E-state index in [1.54, 1.807) is 17.4 Å². The summed E-state index contributed by atoms with van der Waals surface area (Å²) in [5.74, 6) is 1.22. The molecule has 26 heavy (non-hydrogen) atoms. The van der Waals surface area contributed by atoms with E-state index in [4.69, 9.17) is 9.47 Å². The van der Waals surface area contributed by atoms with E-state index in [-0.39, 0.29) is 5.91 Å². The Balaban J connectivity index is 1.65. The molecule has 0 aliphatic heterocycles. The summed E-state index contributed by atoms with van der Waals surface area (Å²) in [7, 11) is 0. The van der Waals surface area contributed by atoms with E-state index in [0.29, 0.717) is 29.8 Å². The highest BCUT2D eigenvalue weighted by molar-refractivity contribution is 7.15. The molecule has 0 unspecified atom stereocenters. The van der Waals surface area contributed by atoms with Gasteiger partial charge in [0, 0.05) is 11.0 Å². The first-order valence-electron chi connectivity index (χ1n) is 9.07. The van der Waals surface area contributed by atoms with Crippen LogP contribution in [0.5, 0.6) is 11.5 Å². The predicted octanol–water partition coefficient (Wildman–Crippen LogP) is 4.47. The molecule has 138 valence electrons. The zero-order chi connectivity index (χ0) is 18.4. The Morgan fingerprint density at radius 1 is 1.19 bits per heavy atom. The van der Waals surface area contributed by atoms with Crippen LogP contribution in [0.3, 0.4) is 0 Å². The largest absolute Gasteiger partial charge is 0.490 e. The average Bonchev–Trinajstić information content (AvgIpc) is 3.04. The van der Waals surface area contributed by atoms with Crippen molar-refractivity contribution in [3.63, 3.8) is 0 Å². The number of thiazole rings is 1. The van der Waals surface area contributed by atoms with Gasteiger partial charge in [0.1, 0.15) is 0 Å². The fourth-order valence-corrected chi connectivity index (χ4v) is 3.95. The van der Waals surface area contributed by atoms with Crippen molar-refractivity contribution in [2.75, 3.05) is 18.5 Å². The van der Waals surface area contributed by atoms with Gasteiger partial charge in [0.2, 0.25) is 5.91 Å². The van der Waals surface area contributed by atoms with Crippen LogP contribution in [0.25, 0.3) is 6.08 Å². The second-order valence-electron chi connectivity index (χ2n) is 5.99. The molecule has 1 aromatic heterocycles. The van der Waals surface area contributed by atoms with E-state index in [1.807, 2.05) is 32.0 Å². The van der Waals surface area contributed by atoms with Crippen molar-refractivity contribution in [1.82, 2.24) is 4.98 Å². The number of amides is 1. The van der Waals surface area contributed by atoms with Gasteiger partial charge in [-0.15, -0.1) is 11.3 Å². The molecule has 1 aliphatic rings. The number of aromatic nitrogens is 1. The van der Waals surface area contributed by atoms with Crippen molar-refractivity contribution >= 4 is 28.5 Å². The maximum Gasteiger partial charge on any atom is 0.250 e. The van der Waals surface area contributed by atoms with Crippen LogP contribution in [0.4, 0.5) is 5.13 Å². The highest BCUT2D eigenvalue weighted by atomic mass is 32.1. The second kappa shape index (κ2) is 8.85. The van der Waals surface area contributed by atoms with E-state index in [0.717, 1.165) is 24.1 Å². The van der Waals surface area contributed by atoms with Crippen molar-refractivity contribution in [1.29, 1.82) is 0 Å². The van der Waals surface area contributed by atoms with E-state index >= 15 is 0 Å². The predicted molar refractivity (Wildman–Crippen MR) is 105 cm³/mol. The molecule has 3 rings (SSSR count). The average molecular weight is 372 g/mol. The summed E-state index contributed by atoms with van der Waals surface area (Å²) in [6.45, 7) is 5.00. The number of fused-ring (bicyclic) bond motifs is 1. The van der Waals surface area contributed by atoms with E-state index in [9.17, 15) is 4.79 Å². The van der Waals surface area contributed by atoms with Crippen molar-refractivity contribution in [2.24, 2.45) is 0 Å². The Morgan fingerprint density at radius 2 is 1.96 bits per heavy atom. The summed E-state index contributed by atoms with van der Waals surface area (Å²) in [5.41, 5.74) is 2.03. The number of hydrogen-bond donors (Lipinski definition) is 1. The minimum Gasteiger partial charge on any atom is -0.490 e. The topological polar surface area (TPSA) is 60.5 Å². The lowest BCUT2D eigenvalue weighted by atomic mass is 10.0. The van der Waals surface area contributed by atoms with Crippen LogP contribution in [0.15, 0.2) is 24.3 Å². The second-order valence-corrected chi connectivity index (χ2v) is 7.07. The Bertz CT molecular complexity index is 775. The van der Waals surface area contributed by atoms with Crippen molar-refractivity contribution in [3.8, 4) is 11.5 Å². The first-order chi connectivity index (χ1) is 12.7. The SMILES string of the molecule is CCOc1ccc(/C=C/C(=O)Nc2nc3c(s2)CCCC3)cc1OCC. The molecule has 0 radical (unpaired) electrons. The molecule has 5 nitrogen and oxygen atoms in total. The Morgan fingerprint density at radius 3 is 2.73 bits per heavy atom. The van der Waals surface area contributed by atoms with Crippen LogP contribution in [-0.2, 0) is 17.6 Å². The summed E-state index contributed by atoms with van der Waals surface area (Å²) in [6, 6.07) is 5.64. The van der Waals surface area contributed by atoms with Crippen LogP contribution in [0, 0.1) is 0 Å². The van der Waals surface area contributed by atoms with Gasteiger partial charge in [-0.25, -0.2) is 4.98 Å². The molecule has 0 spiro atoms. The molecule has 0 saturated carbocycles. The number of anilines is 1. The highest BCUT2D eigenvalue weighted by Crippen LogP contribution is 2.30.